The Morgan fingerprint density at radius 2 is 2.21 bits per heavy atom. The normalized spacial score (nSPS) is 23.3. The van der Waals surface area contributed by atoms with Crippen LogP contribution in [-0.4, -0.2) is 35.4 Å². The molecule has 1 aliphatic carbocycles. The number of nitrogens with zero attached hydrogens (tertiary/aromatic N) is 2. The first-order chi connectivity index (χ1) is 13.6. The summed E-state index contributed by atoms with van der Waals surface area (Å²) in [6, 6.07) is 2.17. The number of aromatic nitrogens is 2. The van der Waals surface area contributed by atoms with E-state index in [1.807, 2.05) is 18.7 Å². The first-order valence-corrected chi connectivity index (χ1v) is 11.2. The van der Waals surface area contributed by atoms with Crippen LogP contribution in [0.1, 0.15) is 68.8 Å². The highest BCUT2D eigenvalue weighted by atomic mass is 32.1. The Bertz CT molecular complexity index is 910. The topological polar surface area (TPSA) is 68.2 Å². The smallest absolute Gasteiger partial charge is 0.261 e. The highest BCUT2D eigenvalue weighted by molar-refractivity contribution is 7.14. The number of hydrogen-bond acceptors (Lipinski definition) is 5. The van der Waals surface area contributed by atoms with E-state index >= 15 is 0 Å². The van der Waals surface area contributed by atoms with Gasteiger partial charge in [-0.05, 0) is 63.7 Å². The number of carbonyl (C=O) groups is 1. The van der Waals surface area contributed by atoms with Crippen LogP contribution in [0.4, 0.5) is 0 Å². The lowest BCUT2D eigenvalue weighted by Crippen LogP contribution is -2.44. The van der Waals surface area contributed by atoms with E-state index in [0.717, 1.165) is 68.8 Å². The molecule has 1 amide bonds. The number of ether oxygens (including phenoxy) is 1. The van der Waals surface area contributed by atoms with E-state index in [0.29, 0.717) is 0 Å². The van der Waals surface area contributed by atoms with Crippen LogP contribution >= 0.6 is 11.3 Å². The van der Waals surface area contributed by atoms with Gasteiger partial charge in [0.1, 0.15) is 0 Å². The average molecular weight is 401 g/mol. The van der Waals surface area contributed by atoms with Crippen molar-refractivity contribution in [2.75, 3.05) is 19.7 Å². The van der Waals surface area contributed by atoms with Crippen molar-refractivity contribution in [3.05, 3.63) is 38.3 Å². The molecule has 3 aliphatic rings. The van der Waals surface area contributed by atoms with Gasteiger partial charge >= 0.3 is 0 Å². The zero-order valence-electron chi connectivity index (χ0n) is 16.6. The van der Waals surface area contributed by atoms with Crippen molar-refractivity contribution in [1.82, 2.24) is 20.4 Å². The summed E-state index contributed by atoms with van der Waals surface area (Å²) in [6.07, 6.45) is 5.99. The average Bonchev–Trinajstić information content (AvgIpc) is 3.26. The number of carbonyl (C=O) groups excluding carboxylic acids is 1. The van der Waals surface area contributed by atoms with Crippen LogP contribution in [0.15, 0.2) is 6.07 Å². The van der Waals surface area contributed by atoms with E-state index in [-0.39, 0.29) is 17.6 Å². The van der Waals surface area contributed by atoms with Gasteiger partial charge in [-0.2, -0.15) is 5.10 Å². The van der Waals surface area contributed by atoms with Crippen LogP contribution in [0, 0.1) is 6.92 Å². The van der Waals surface area contributed by atoms with Gasteiger partial charge in [0, 0.05) is 29.6 Å². The molecule has 7 heteroatoms. The summed E-state index contributed by atoms with van der Waals surface area (Å²) < 4.78 is 8.24. The van der Waals surface area contributed by atoms with E-state index in [9.17, 15) is 4.79 Å². The molecule has 28 heavy (non-hydrogen) atoms. The quantitative estimate of drug-likeness (QED) is 0.813. The number of rotatable bonds is 2. The molecule has 0 radical (unpaired) electrons. The van der Waals surface area contributed by atoms with Crippen LogP contribution in [-0.2, 0) is 30.2 Å². The number of piperidine rings is 1. The third-order valence-corrected chi connectivity index (χ3v) is 7.79. The maximum Gasteiger partial charge on any atom is 0.261 e. The molecule has 0 aromatic carbocycles. The first kappa shape index (κ1) is 18.3. The Morgan fingerprint density at radius 1 is 1.39 bits per heavy atom. The van der Waals surface area contributed by atoms with Gasteiger partial charge in [-0.3, -0.25) is 9.48 Å². The second-order valence-corrected chi connectivity index (χ2v) is 9.41. The summed E-state index contributed by atoms with van der Waals surface area (Å²) in [5.74, 6) is 0.0459. The van der Waals surface area contributed by atoms with E-state index in [1.165, 1.54) is 21.7 Å². The summed E-state index contributed by atoms with van der Waals surface area (Å²) in [5.41, 5.74) is 4.60. The van der Waals surface area contributed by atoms with E-state index in [4.69, 9.17) is 4.74 Å². The molecule has 1 fully saturated rings. The van der Waals surface area contributed by atoms with Crippen molar-refractivity contribution in [1.29, 1.82) is 0 Å². The van der Waals surface area contributed by atoms with Crippen LogP contribution < -0.4 is 10.6 Å². The lowest BCUT2D eigenvalue weighted by Gasteiger charge is -2.40. The molecule has 5 rings (SSSR count). The molecule has 0 bridgehead atoms. The van der Waals surface area contributed by atoms with Gasteiger partial charge in [0.25, 0.3) is 5.91 Å². The second-order valence-electron chi connectivity index (χ2n) is 8.28. The summed E-state index contributed by atoms with van der Waals surface area (Å²) in [6.45, 7) is 4.75. The van der Waals surface area contributed by atoms with Gasteiger partial charge < -0.3 is 15.4 Å². The second kappa shape index (κ2) is 6.97. The minimum absolute atomic E-state index is 0.0459. The van der Waals surface area contributed by atoms with Crippen LogP contribution in [0.25, 0.3) is 0 Å². The van der Waals surface area contributed by atoms with Crippen LogP contribution in [0.5, 0.6) is 0 Å². The monoisotopic (exact) mass is 400 g/mol. The third kappa shape index (κ3) is 2.91. The number of hydrogen-bond donors (Lipinski definition) is 2. The molecule has 2 aromatic rings. The predicted molar refractivity (Wildman–Crippen MR) is 109 cm³/mol. The zero-order valence-corrected chi connectivity index (χ0v) is 17.5. The molecule has 1 saturated heterocycles. The van der Waals surface area contributed by atoms with Crippen molar-refractivity contribution in [2.24, 2.45) is 7.05 Å². The largest absolute Gasteiger partial charge is 0.370 e. The Kier molecular flexibility index (Phi) is 4.56. The Hall–Kier alpha value is -1.70. The molecular weight excluding hydrogens is 372 g/mol. The standard InChI is InChI=1S/C21H28N4O2S/c1-13-19-15(4-3-5-16(19)25(2)24-13)23-20(26)18-12-14-17(28-18)6-11-27-21(14)7-9-22-10-8-21/h12,15,22H,3-11H2,1-2H3,(H,23,26). The number of thiophene rings is 1. The van der Waals surface area contributed by atoms with Gasteiger partial charge in [0.15, 0.2) is 0 Å². The number of aryl methyl sites for hydroxylation is 2. The van der Waals surface area contributed by atoms with Crippen LogP contribution in [0.2, 0.25) is 0 Å². The van der Waals surface area contributed by atoms with Gasteiger partial charge in [0.2, 0.25) is 0 Å². The van der Waals surface area contributed by atoms with Crippen molar-refractivity contribution in [3.8, 4) is 0 Å². The fraction of sp³-hybridized carbons (Fsp3) is 0.619. The summed E-state index contributed by atoms with van der Waals surface area (Å²) in [7, 11) is 2.00. The van der Waals surface area contributed by atoms with Gasteiger partial charge in [0.05, 0.1) is 28.8 Å². The lowest BCUT2D eigenvalue weighted by molar-refractivity contribution is -0.0792. The van der Waals surface area contributed by atoms with Crippen molar-refractivity contribution >= 4 is 17.2 Å². The minimum atomic E-state index is -0.189. The SMILES string of the molecule is Cc1nn(C)c2c1C(NC(=O)c1cc3c(s1)CCOC31CCNCC1)CCC2. The maximum absolute atomic E-state index is 13.1. The molecular formula is C21H28N4O2S. The fourth-order valence-corrected chi connectivity index (χ4v) is 6.37. The fourth-order valence-electron chi connectivity index (χ4n) is 5.24. The van der Waals surface area contributed by atoms with Gasteiger partial charge in [-0.25, -0.2) is 0 Å². The van der Waals surface area contributed by atoms with E-state index < -0.39 is 0 Å². The summed E-state index contributed by atoms with van der Waals surface area (Å²) >= 11 is 1.66. The summed E-state index contributed by atoms with van der Waals surface area (Å²) in [4.78, 5) is 15.3. The maximum atomic E-state index is 13.1. The van der Waals surface area contributed by atoms with E-state index in [2.05, 4.69) is 21.8 Å². The third-order valence-electron chi connectivity index (χ3n) is 6.59. The molecule has 150 valence electrons. The van der Waals surface area contributed by atoms with Crippen molar-refractivity contribution in [2.45, 2.75) is 57.1 Å². The Labute approximate surface area is 169 Å². The van der Waals surface area contributed by atoms with Crippen molar-refractivity contribution in [3.63, 3.8) is 0 Å². The van der Waals surface area contributed by atoms with Gasteiger partial charge in [-0.15, -0.1) is 11.3 Å². The minimum Gasteiger partial charge on any atom is -0.370 e. The number of nitrogens with one attached hydrogen (secondary N) is 2. The molecule has 0 saturated carbocycles. The van der Waals surface area contributed by atoms with E-state index in [1.54, 1.807) is 11.3 Å². The molecule has 2 N–H and O–H groups in total. The molecule has 4 heterocycles. The highest BCUT2D eigenvalue weighted by Crippen LogP contribution is 2.43. The molecule has 1 unspecified atom stereocenters. The Balaban J connectivity index is 1.41. The Morgan fingerprint density at radius 3 is 3.04 bits per heavy atom. The molecule has 1 spiro atoms. The molecule has 6 nitrogen and oxygen atoms in total. The van der Waals surface area contributed by atoms with Crippen LogP contribution in [0.3, 0.4) is 0 Å². The number of amides is 1. The van der Waals surface area contributed by atoms with Crippen molar-refractivity contribution < 1.29 is 9.53 Å². The predicted octanol–water partition coefficient (Wildman–Crippen LogP) is 2.75. The lowest BCUT2D eigenvalue weighted by atomic mass is 9.83. The first-order valence-electron chi connectivity index (χ1n) is 10.4. The summed E-state index contributed by atoms with van der Waals surface area (Å²) in [5, 5.41) is 11.3. The molecule has 2 aliphatic heterocycles. The molecule has 1 atom stereocenters. The highest BCUT2D eigenvalue weighted by Gasteiger charge is 2.41. The van der Waals surface area contributed by atoms with Gasteiger partial charge in [-0.1, -0.05) is 0 Å². The zero-order chi connectivity index (χ0) is 19.3. The molecule has 2 aromatic heterocycles. The number of fused-ring (bicyclic) bond motifs is 3.